The molecule has 0 saturated heterocycles. The quantitative estimate of drug-likeness (QED) is 0.499. The van der Waals surface area contributed by atoms with Crippen LogP contribution in [-0.2, 0) is 9.53 Å². The second-order valence-corrected chi connectivity index (χ2v) is 8.79. The van der Waals surface area contributed by atoms with Gasteiger partial charge in [0, 0.05) is 5.92 Å². The summed E-state index contributed by atoms with van der Waals surface area (Å²) in [5, 5.41) is 14.9. The second kappa shape index (κ2) is 8.33. The van der Waals surface area contributed by atoms with Gasteiger partial charge >= 0.3 is 12.1 Å². The fourth-order valence-corrected chi connectivity index (χ4v) is 4.66. The number of benzene rings is 3. The summed E-state index contributed by atoms with van der Waals surface area (Å²) in [5.41, 5.74) is 4.18. The Bertz CT molecular complexity index is 1270. The molecule has 0 atom stereocenters. The highest BCUT2D eigenvalue weighted by molar-refractivity contribution is 6.06. The van der Waals surface area contributed by atoms with Gasteiger partial charge in [0.15, 0.2) is 0 Å². The number of hydrogen-bond donors (Lipinski definition) is 3. The van der Waals surface area contributed by atoms with Crippen LogP contribution in [0, 0.1) is 6.92 Å². The Kier molecular flexibility index (Phi) is 5.32. The third kappa shape index (κ3) is 3.79. The minimum atomic E-state index is -1.12. The summed E-state index contributed by atoms with van der Waals surface area (Å²) in [6.07, 6.45) is 0.242. The first kappa shape index (κ1) is 21.7. The summed E-state index contributed by atoms with van der Waals surface area (Å²) in [5.74, 6) is -1.65. The van der Waals surface area contributed by atoms with E-state index in [0.29, 0.717) is 18.4 Å². The van der Waals surface area contributed by atoms with Gasteiger partial charge in [-0.05, 0) is 53.6 Å². The molecule has 5 rings (SSSR count). The Morgan fingerprint density at radius 3 is 2.15 bits per heavy atom. The smallest absolute Gasteiger partial charge is 0.408 e. The van der Waals surface area contributed by atoms with Gasteiger partial charge in [-0.1, -0.05) is 60.7 Å². The number of carboxylic acid groups (broad SMARTS) is 1. The molecule has 7 nitrogen and oxygen atoms in total. The molecule has 7 heteroatoms. The van der Waals surface area contributed by atoms with E-state index in [0.717, 1.165) is 22.3 Å². The molecule has 0 aromatic heterocycles. The van der Waals surface area contributed by atoms with Crippen LogP contribution >= 0.6 is 0 Å². The lowest BCUT2D eigenvalue weighted by Crippen LogP contribution is -2.46. The Hall–Kier alpha value is -4.13. The number of anilines is 1. The Balaban J connectivity index is 1.26. The molecule has 0 heterocycles. The molecule has 0 spiro atoms. The van der Waals surface area contributed by atoms with Crippen molar-refractivity contribution in [1.29, 1.82) is 0 Å². The number of ether oxygens (including phenoxy) is 1. The number of carbonyl (C=O) groups is 3. The Morgan fingerprint density at radius 2 is 1.56 bits per heavy atom. The van der Waals surface area contributed by atoms with E-state index < -0.39 is 23.5 Å². The average molecular weight is 456 g/mol. The van der Waals surface area contributed by atoms with Crippen LogP contribution < -0.4 is 10.6 Å². The zero-order chi connectivity index (χ0) is 23.9. The molecular weight excluding hydrogens is 432 g/mol. The second-order valence-electron chi connectivity index (χ2n) is 8.79. The number of rotatable bonds is 6. The molecule has 2 amide bonds. The minimum absolute atomic E-state index is 0.0350. The van der Waals surface area contributed by atoms with Crippen molar-refractivity contribution in [2.24, 2.45) is 0 Å². The molecule has 0 aliphatic heterocycles. The summed E-state index contributed by atoms with van der Waals surface area (Å²) < 4.78 is 5.57. The minimum Gasteiger partial charge on any atom is -0.478 e. The van der Waals surface area contributed by atoms with Gasteiger partial charge in [-0.25, -0.2) is 9.59 Å². The van der Waals surface area contributed by atoms with Gasteiger partial charge in [0.2, 0.25) is 5.91 Å². The molecule has 2 aliphatic rings. The maximum atomic E-state index is 12.9. The molecule has 0 unspecified atom stereocenters. The van der Waals surface area contributed by atoms with Crippen molar-refractivity contribution in [3.63, 3.8) is 0 Å². The van der Waals surface area contributed by atoms with E-state index in [9.17, 15) is 19.5 Å². The standard InChI is InChI=1S/C27H24N2O5/c1-16-7-6-12-22(23(16)24(30)31)28-25(32)27(13-14-27)29-26(33)34-15-21-19-10-4-2-8-17(19)18-9-3-5-11-20(18)21/h2-12,21H,13-15H2,1H3,(H,28,32)(H,29,33)(H,30,31). The topological polar surface area (TPSA) is 105 Å². The lowest BCUT2D eigenvalue weighted by molar-refractivity contribution is -0.119. The molecular formula is C27H24N2O5. The summed E-state index contributed by atoms with van der Waals surface area (Å²) in [7, 11) is 0. The molecule has 34 heavy (non-hydrogen) atoms. The van der Waals surface area contributed by atoms with E-state index in [-0.39, 0.29) is 23.8 Å². The first-order chi connectivity index (χ1) is 16.4. The van der Waals surface area contributed by atoms with Gasteiger partial charge < -0.3 is 20.5 Å². The number of aromatic carboxylic acids is 1. The zero-order valence-electron chi connectivity index (χ0n) is 18.6. The molecule has 0 radical (unpaired) electrons. The maximum absolute atomic E-state index is 12.9. The fraction of sp³-hybridized carbons (Fsp3) is 0.222. The van der Waals surface area contributed by atoms with Crippen molar-refractivity contribution in [2.75, 3.05) is 11.9 Å². The molecule has 2 aliphatic carbocycles. The van der Waals surface area contributed by atoms with Crippen LogP contribution in [0.5, 0.6) is 0 Å². The monoisotopic (exact) mass is 456 g/mol. The highest BCUT2D eigenvalue weighted by Gasteiger charge is 2.52. The predicted molar refractivity (Wildman–Crippen MR) is 127 cm³/mol. The molecule has 1 fully saturated rings. The first-order valence-electron chi connectivity index (χ1n) is 11.2. The van der Waals surface area contributed by atoms with Crippen molar-refractivity contribution >= 4 is 23.7 Å². The summed E-state index contributed by atoms with van der Waals surface area (Å²) in [4.78, 5) is 37.2. The molecule has 1 saturated carbocycles. The van der Waals surface area contributed by atoms with E-state index in [1.165, 1.54) is 6.07 Å². The number of aryl methyl sites for hydroxylation is 1. The average Bonchev–Trinajstić information content (AvgIpc) is 3.53. The number of nitrogens with one attached hydrogen (secondary N) is 2. The van der Waals surface area contributed by atoms with Crippen LogP contribution in [0.2, 0.25) is 0 Å². The van der Waals surface area contributed by atoms with Gasteiger partial charge in [0.05, 0.1) is 11.3 Å². The van der Waals surface area contributed by atoms with Crippen molar-refractivity contribution < 1.29 is 24.2 Å². The Labute approximate surface area is 196 Å². The van der Waals surface area contributed by atoms with E-state index in [2.05, 4.69) is 22.8 Å². The molecule has 3 N–H and O–H groups in total. The van der Waals surface area contributed by atoms with E-state index >= 15 is 0 Å². The van der Waals surface area contributed by atoms with Crippen LogP contribution in [-0.4, -0.2) is 35.2 Å². The van der Waals surface area contributed by atoms with Crippen LogP contribution in [0.15, 0.2) is 66.7 Å². The number of fused-ring (bicyclic) bond motifs is 3. The third-order valence-electron chi connectivity index (χ3n) is 6.60. The number of carboxylic acids is 1. The zero-order valence-corrected chi connectivity index (χ0v) is 18.6. The number of alkyl carbamates (subject to hydrolysis) is 1. The van der Waals surface area contributed by atoms with Crippen molar-refractivity contribution in [1.82, 2.24) is 5.32 Å². The van der Waals surface area contributed by atoms with E-state index in [4.69, 9.17) is 4.74 Å². The lowest BCUT2D eigenvalue weighted by Gasteiger charge is -2.20. The predicted octanol–water partition coefficient (Wildman–Crippen LogP) is 4.70. The van der Waals surface area contributed by atoms with Crippen LogP contribution in [0.25, 0.3) is 11.1 Å². The number of amides is 2. The number of carbonyl (C=O) groups excluding carboxylic acids is 2. The first-order valence-corrected chi connectivity index (χ1v) is 11.2. The largest absolute Gasteiger partial charge is 0.478 e. The summed E-state index contributed by atoms with van der Waals surface area (Å²) in [6, 6.07) is 21.0. The maximum Gasteiger partial charge on any atom is 0.408 e. The molecule has 3 aromatic rings. The van der Waals surface area contributed by atoms with Crippen molar-refractivity contribution in [2.45, 2.75) is 31.2 Å². The fourth-order valence-electron chi connectivity index (χ4n) is 4.66. The van der Waals surface area contributed by atoms with Gasteiger partial charge in [-0.15, -0.1) is 0 Å². The highest BCUT2D eigenvalue weighted by Crippen LogP contribution is 2.44. The van der Waals surface area contributed by atoms with Gasteiger partial charge in [-0.3, -0.25) is 4.79 Å². The summed E-state index contributed by atoms with van der Waals surface area (Å²) in [6.45, 7) is 1.82. The van der Waals surface area contributed by atoms with Crippen LogP contribution in [0.1, 0.15) is 45.8 Å². The normalized spacial score (nSPS) is 15.1. The van der Waals surface area contributed by atoms with Gasteiger partial charge in [-0.2, -0.15) is 0 Å². The van der Waals surface area contributed by atoms with E-state index in [1.54, 1.807) is 19.1 Å². The van der Waals surface area contributed by atoms with Gasteiger partial charge in [0.1, 0.15) is 12.1 Å². The highest BCUT2D eigenvalue weighted by atomic mass is 16.5. The van der Waals surface area contributed by atoms with Crippen LogP contribution in [0.4, 0.5) is 10.5 Å². The number of hydrogen-bond acceptors (Lipinski definition) is 4. The third-order valence-corrected chi connectivity index (χ3v) is 6.60. The Morgan fingerprint density at radius 1 is 0.941 bits per heavy atom. The molecule has 172 valence electrons. The van der Waals surface area contributed by atoms with Gasteiger partial charge in [0.25, 0.3) is 0 Å². The van der Waals surface area contributed by atoms with Crippen LogP contribution in [0.3, 0.4) is 0 Å². The molecule has 3 aromatic carbocycles. The lowest BCUT2D eigenvalue weighted by atomic mass is 9.98. The van der Waals surface area contributed by atoms with Crippen molar-refractivity contribution in [3.05, 3.63) is 89.0 Å². The van der Waals surface area contributed by atoms with E-state index in [1.807, 2.05) is 36.4 Å². The summed E-state index contributed by atoms with van der Waals surface area (Å²) >= 11 is 0. The SMILES string of the molecule is Cc1cccc(NC(=O)C2(NC(=O)OCC3c4ccccc4-c4ccccc43)CC2)c1C(=O)O. The van der Waals surface area contributed by atoms with Crippen molar-refractivity contribution in [3.8, 4) is 11.1 Å². The molecule has 0 bridgehead atoms.